The lowest BCUT2D eigenvalue weighted by Gasteiger charge is -2.12. The third-order valence-electron chi connectivity index (χ3n) is 4.37. The van der Waals surface area contributed by atoms with Gasteiger partial charge in [-0.3, -0.25) is 14.7 Å². The van der Waals surface area contributed by atoms with Gasteiger partial charge in [0.05, 0.1) is 5.69 Å². The first-order chi connectivity index (χ1) is 11.6. The second-order valence-corrected chi connectivity index (χ2v) is 6.12. The molecule has 1 amide bonds. The van der Waals surface area contributed by atoms with E-state index in [9.17, 15) is 14.7 Å². The van der Waals surface area contributed by atoms with Crippen molar-refractivity contribution < 1.29 is 9.90 Å². The molecular weight excluding hydrogens is 308 g/mol. The Morgan fingerprint density at radius 2 is 2.17 bits per heavy atom. The number of aliphatic hydroxyl groups is 1. The molecule has 0 aromatic carbocycles. The molecule has 2 aromatic heterocycles. The van der Waals surface area contributed by atoms with Crippen molar-refractivity contribution in [3.8, 4) is 0 Å². The second kappa shape index (κ2) is 7.44. The molecule has 24 heavy (non-hydrogen) atoms. The number of carbonyl (C=O) groups excluding carboxylic acids is 1. The van der Waals surface area contributed by atoms with Crippen LogP contribution in [0.2, 0.25) is 0 Å². The van der Waals surface area contributed by atoms with E-state index in [-0.39, 0.29) is 18.0 Å². The van der Waals surface area contributed by atoms with Crippen LogP contribution in [0.4, 0.5) is 0 Å². The standard InChI is InChI=1S/C17H22N4O3/c22-15(14-6-3-7-17(24)19-14)10-18-16(23)9-8-13-11-4-1-2-5-12(11)20-21-13/h3,6-7,15,22H,1-2,4-5,8-10H2,(H,18,23)(H,19,24)(H,20,21). The zero-order valence-electron chi connectivity index (χ0n) is 13.5. The van der Waals surface area contributed by atoms with Crippen LogP contribution in [0.5, 0.6) is 0 Å². The number of hydrogen-bond donors (Lipinski definition) is 4. The number of aliphatic hydroxyl groups excluding tert-OH is 1. The first-order valence-corrected chi connectivity index (χ1v) is 8.32. The number of nitrogens with zero attached hydrogens (tertiary/aromatic N) is 1. The Kier molecular flexibility index (Phi) is 5.10. The van der Waals surface area contributed by atoms with Crippen LogP contribution in [0.25, 0.3) is 0 Å². The lowest BCUT2D eigenvalue weighted by atomic mass is 9.94. The fraction of sp³-hybridized carbons (Fsp3) is 0.471. The van der Waals surface area contributed by atoms with E-state index in [1.807, 2.05) is 0 Å². The van der Waals surface area contributed by atoms with Crippen LogP contribution in [0.1, 0.15) is 48.0 Å². The maximum Gasteiger partial charge on any atom is 0.248 e. The smallest absolute Gasteiger partial charge is 0.248 e. The average molecular weight is 330 g/mol. The van der Waals surface area contributed by atoms with Crippen molar-refractivity contribution in [1.29, 1.82) is 0 Å². The number of amides is 1. The lowest BCUT2D eigenvalue weighted by Crippen LogP contribution is -2.29. The number of aromatic amines is 2. The van der Waals surface area contributed by atoms with Crippen LogP contribution in [0, 0.1) is 0 Å². The third-order valence-corrected chi connectivity index (χ3v) is 4.37. The van der Waals surface area contributed by atoms with Crippen molar-refractivity contribution in [2.45, 2.75) is 44.6 Å². The molecule has 0 aliphatic heterocycles. The van der Waals surface area contributed by atoms with Gasteiger partial charge in [0.25, 0.3) is 0 Å². The quantitative estimate of drug-likeness (QED) is 0.626. The summed E-state index contributed by atoms with van der Waals surface area (Å²) in [7, 11) is 0. The Hall–Kier alpha value is -2.41. The summed E-state index contributed by atoms with van der Waals surface area (Å²) in [6.45, 7) is 0.0669. The molecule has 0 saturated heterocycles. The number of hydrogen-bond acceptors (Lipinski definition) is 4. The normalized spacial score (nSPS) is 14.9. The number of fused-ring (bicyclic) bond motifs is 1. The highest BCUT2D eigenvalue weighted by Crippen LogP contribution is 2.22. The largest absolute Gasteiger partial charge is 0.385 e. The Bertz CT molecular complexity index is 765. The first-order valence-electron chi connectivity index (χ1n) is 8.32. The van der Waals surface area contributed by atoms with E-state index in [0.717, 1.165) is 18.5 Å². The Balaban J connectivity index is 1.48. The fourth-order valence-corrected chi connectivity index (χ4v) is 3.06. The molecule has 2 heterocycles. The fourth-order valence-electron chi connectivity index (χ4n) is 3.06. The van der Waals surface area contributed by atoms with E-state index >= 15 is 0 Å². The predicted octanol–water partition coefficient (Wildman–Crippen LogP) is 0.759. The number of carbonyl (C=O) groups is 1. The van der Waals surface area contributed by atoms with Gasteiger partial charge in [0.2, 0.25) is 11.5 Å². The number of pyridine rings is 1. The van der Waals surface area contributed by atoms with Crippen LogP contribution >= 0.6 is 0 Å². The van der Waals surface area contributed by atoms with Crippen LogP contribution < -0.4 is 10.9 Å². The number of aryl methyl sites for hydroxylation is 2. The number of H-pyrrole nitrogens is 2. The Labute approximate surface area is 139 Å². The molecule has 1 atom stereocenters. The van der Waals surface area contributed by atoms with Crippen LogP contribution in [0.3, 0.4) is 0 Å². The minimum absolute atomic E-state index is 0.0669. The summed E-state index contributed by atoms with van der Waals surface area (Å²) in [6.07, 6.45) is 4.42. The molecule has 1 aliphatic rings. The maximum absolute atomic E-state index is 12.0. The summed E-state index contributed by atoms with van der Waals surface area (Å²) >= 11 is 0. The van der Waals surface area contributed by atoms with Gasteiger partial charge in [0, 0.05) is 36.8 Å². The van der Waals surface area contributed by atoms with Gasteiger partial charge in [-0.1, -0.05) is 6.07 Å². The predicted molar refractivity (Wildman–Crippen MR) is 88.6 cm³/mol. The molecule has 0 spiro atoms. The summed E-state index contributed by atoms with van der Waals surface area (Å²) < 4.78 is 0. The van der Waals surface area contributed by atoms with Gasteiger partial charge < -0.3 is 15.4 Å². The van der Waals surface area contributed by atoms with Crippen molar-refractivity contribution in [2.75, 3.05) is 6.54 Å². The van der Waals surface area contributed by atoms with E-state index in [4.69, 9.17) is 0 Å². The molecule has 0 bridgehead atoms. The summed E-state index contributed by atoms with van der Waals surface area (Å²) in [5, 5.41) is 20.1. The van der Waals surface area contributed by atoms with E-state index in [1.165, 1.54) is 30.2 Å². The molecule has 4 N–H and O–H groups in total. The van der Waals surface area contributed by atoms with Crippen LogP contribution in [-0.4, -0.2) is 32.7 Å². The summed E-state index contributed by atoms with van der Waals surface area (Å²) in [6, 6.07) is 4.56. The summed E-state index contributed by atoms with van der Waals surface area (Å²) in [5.41, 5.74) is 3.58. The monoisotopic (exact) mass is 330 g/mol. The van der Waals surface area contributed by atoms with Crippen molar-refractivity contribution in [1.82, 2.24) is 20.5 Å². The molecular formula is C17H22N4O3. The molecule has 3 rings (SSSR count). The zero-order valence-corrected chi connectivity index (χ0v) is 13.5. The number of nitrogens with one attached hydrogen (secondary N) is 3. The topological polar surface area (TPSA) is 111 Å². The highest BCUT2D eigenvalue weighted by Gasteiger charge is 2.17. The Morgan fingerprint density at radius 3 is 3.00 bits per heavy atom. The van der Waals surface area contributed by atoms with Gasteiger partial charge in [-0.25, -0.2) is 0 Å². The van der Waals surface area contributed by atoms with Crippen molar-refractivity contribution in [2.24, 2.45) is 0 Å². The molecule has 1 aliphatic carbocycles. The maximum atomic E-state index is 12.0. The van der Waals surface area contributed by atoms with Gasteiger partial charge in [-0.05, 0) is 37.3 Å². The molecule has 1 unspecified atom stereocenters. The molecule has 0 fully saturated rings. The van der Waals surface area contributed by atoms with E-state index in [1.54, 1.807) is 12.1 Å². The van der Waals surface area contributed by atoms with Crippen molar-refractivity contribution >= 4 is 5.91 Å². The highest BCUT2D eigenvalue weighted by atomic mass is 16.3. The third kappa shape index (κ3) is 3.91. The second-order valence-electron chi connectivity index (χ2n) is 6.12. The van der Waals surface area contributed by atoms with Gasteiger partial charge in [0.1, 0.15) is 6.10 Å². The molecule has 0 saturated carbocycles. The lowest BCUT2D eigenvalue weighted by molar-refractivity contribution is -0.121. The average Bonchev–Trinajstić information content (AvgIpc) is 3.01. The van der Waals surface area contributed by atoms with Gasteiger partial charge in [0.15, 0.2) is 0 Å². The highest BCUT2D eigenvalue weighted by molar-refractivity contribution is 5.76. The number of aromatic nitrogens is 3. The molecule has 7 heteroatoms. The van der Waals surface area contributed by atoms with Crippen molar-refractivity contribution in [3.63, 3.8) is 0 Å². The molecule has 2 aromatic rings. The van der Waals surface area contributed by atoms with E-state index in [2.05, 4.69) is 20.5 Å². The van der Waals surface area contributed by atoms with Crippen LogP contribution in [0.15, 0.2) is 23.0 Å². The molecule has 128 valence electrons. The Morgan fingerprint density at radius 1 is 1.33 bits per heavy atom. The van der Waals surface area contributed by atoms with Gasteiger partial charge >= 0.3 is 0 Å². The molecule has 0 radical (unpaired) electrons. The SMILES string of the molecule is O=C(CCc1n[nH]c2c1CCCC2)NCC(O)c1cccc(=O)[nH]1. The van der Waals surface area contributed by atoms with Gasteiger partial charge in [-0.2, -0.15) is 5.10 Å². The molecule has 7 nitrogen and oxygen atoms in total. The minimum atomic E-state index is -0.930. The van der Waals surface area contributed by atoms with E-state index in [0.29, 0.717) is 18.5 Å². The zero-order chi connectivity index (χ0) is 16.9. The van der Waals surface area contributed by atoms with Crippen LogP contribution in [-0.2, 0) is 24.1 Å². The minimum Gasteiger partial charge on any atom is -0.385 e. The van der Waals surface area contributed by atoms with Crippen molar-refractivity contribution in [3.05, 3.63) is 51.2 Å². The summed E-state index contributed by atoms with van der Waals surface area (Å²) in [5.74, 6) is -0.139. The van der Waals surface area contributed by atoms with Gasteiger partial charge in [-0.15, -0.1) is 0 Å². The summed E-state index contributed by atoms with van der Waals surface area (Å²) in [4.78, 5) is 25.7. The number of rotatable bonds is 6. The van der Waals surface area contributed by atoms with E-state index < -0.39 is 6.10 Å². The first kappa shape index (κ1) is 16.4.